The quantitative estimate of drug-likeness (QED) is 0.162. The molecule has 1 aliphatic rings. The minimum atomic E-state index is -1.50. The molecule has 4 aromatic rings. The Labute approximate surface area is 270 Å². The number of halogens is 1. The van der Waals surface area contributed by atoms with Gasteiger partial charge >= 0.3 is 0 Å². The van der Waals surface area contributed by atoms with Crippen molar-refractivity contribution in [3.63, 3.8) is 0 Å². The maximum absolute atomic E-state index is 14.0. The van der Waals surface area contributed by atoms with Gasteiger partial charge in [-0.2, -0.15) is 5.26 Å². The van der Waals surface area contributed by atoms with Crippen LogP contribution in [0.15, 0.2) is 103 Å². The SMILES string of the molecule is CN(C)CCCC(O)(c1ccc(F)cc1)c1ccc(C#N)cc1C1O[C@H](COCc2ccccc2)[C@@H](COCc2ccccc2)O1. The monoisotopic (exact) mass is 624 g/mol. The van der Waals surface area contributed by atoms with Gasteiger partial charge in [-0.15, -0.1) is 0 Å². The van der Waals surface area contributed by atoms with Crippen molar-refractivity contribution in [1.29, 1.82) is 5.26 Å². The highest BCUT2D eigenvalue weighted by molar-refractivity contribution is 5.46. The van der Waals surface area contributed by atoms with Gasteiger partial charge < -0.3 is 29.0 Å². The van der Waals surface area contributed by atoms with Crippen LogP contribution in [-0.2, 0) is 37.8 Å². The van der Waals surface area contributed by atoms with Crippen LogP contribution < -0.4 is 0 Å². The predicted octanol–water partition coefficient (Wildman–Crippen LogP) is 6.49. The Morgan fingerprint density at radius 2 is 1.39 bits per heavy atom. The van der Waals surface area contributed by atoms with Crippen molar-refractivity contribution < 1.29 is 28.4 Å². The summed E-state index contributed by atoms with van der Waals surface area (Å²) in [5, 5.41) is 22.3. The van der Waals surface area contributed by atoms with Gasteiger partial charge in [0.15, 0.2) is 6.29 Å². The molecule has 1 N–H and O–H groups in total. The van der Waals surface area contributed by atoms with Crippen molar-refractivity contribution in [2.75, 3.05) is 33.9 Å². The van der Waals surface area contributed by atoms with Crippen LogP contribution in [-0.4, -0.2) is 56.1 Å². The Morgan fingerprint density at radius 1 is 0.826 bits per heavy atom. The number of hydrogen-bond acceptors (Lipinski definition) is 7. The third-order valence-corrected chi connectivity index (χ3v) is 8.14. The third kappa shape index (κ3) is 8.65. The molecule has 3 atom stereocenters. The van der Waals surface area contributed by atoms with Crippen LogP contribution in [0.4, 0.5) is 4.39 Å². The molecule has 46 heavy (non-hydrogen) atoms. The van der Waals surface area contributed by atoms with Crippen molar-refractivity contribution in [3.8, 4) is 6.07 Å². The lowest BCUT2D eigenvalue weighted by molar-refractivity contribution is -0.0863. The fourth-order valence-electron chi connectivity index (χ4n) is 5.71. The first-order valence-corrected chi connectivity index (χ1v) is 15.6. The van der Waals surface area contributed by atoms with Crippen LogP contribution in [0.5, 0.6) is 0 Å². The number of ether oxygens (including phenoxy) is 4. The van der Waals surface area contributed by atoms with Crippen LogP contribution in [0.3, 0.4) is 0 Å². The summed E-state index contributed by atoms with van der Waals surface area (Å²) in [4.78, 5) is 2.05. The first-order valence-electron chi connectivity index (χ1n) is 15.6. The molecule has 240 valence electrons. The molecule has 1 heterocycles. The minimum Gasteiger partial charge on any atom is -0.380 e. The average molecular weight is 625 g/mol. The number of nitriles is 1. The Bertz CT molecular complexity index is 1510. The van der Waals surface area contributed by atoms with E-state index in [1.165, 1.54) is 12.1 Å². The Morgan fingerprint density at radius 3 is 1.91 bits per heavy atom. The molecular formula is C38H41FN2O5. The molecule has 4 aromatic carbocycles. The number of hydrogen-bond donors (Lipinski definition) is 1. The molecule has 0 aliphatic carbocycles. The molecule has 0 amide bonds. The number of benzene rings is 4. The van der Waals surface area contributed by atoms with Gasteiger partial charge in [-0.05, 0) is 80.0 Å². The number of aliphatic hydroxyl groups is 1. The summed E-state index contributed by atoms with van der Waals surface area (Å²) >= 11 is 0. The van der Waals surface area contributed by atoms with E-state index in [0.29, 0.717) is 48.3 Å². The molecule has 1 aliphatic heterocycles. The number of nitrogens with zero attached hydrogens (tertiary/aromatic N) is 2. The second-order valence-electron chi connectivity index (χ2n) is 11.9. The zero-order valence-electron chi connectivity index (χ0n) is 26.3. The first kappa shape index (κ1) is 33.4. The summed E-state index contributed by atoms with van der Waals surface area (Å²) in [6, 6.07) is 33.0. The lowest BCUT2D eigenvalue weighted by Crippen LogP contribution is -2.31. The third-order valence-electron chi connectivity index (χ3n) is 8.14. The molecule has 7 nitrogen and oxygen atoms in total. The van der Waals surface area contributed by atoms with Gasteiger partial charge in [0.25, 0.3) is 0 Å². The van der Waals surface area contributed by atoms with E-state index in [4.69, 9.17) is 18.9 Å². The van der Waals surface area contributed by atoms with Gasteiger partial charge in [-0.1, -0.05) is 78.9 Å². The number of rotatable bonds is 15. The summed E-state index contributed by atoms with van der Waals surface area (Å²) in [5.74, 6) is -0.390. The van der Waals surface area contributed by atoms with Crippen LogP contribution in [0.25, 0.3) is 0 Å². The fourth-order valence-corrected chi connectivity index (χ4v) is 5.71. The van der Waals surface area contributed by atoms with Crippen LogP contribution in [0.1, 0.15) is 52.5 Å². The largest absolute Gasteiger partial charge is 0.380 e. The lowest BCUT2D eigenvalue weighted by atomic mass is 9.79. The van der Waals surface area contributed by atoms with Crippen molar-refractivity contribution in [1.82, 2.24) is 4.90 Å². The van der Waals surface area contributed by atoms with Gasteiger partial charge in [-0.25, -0.2) is 4.39 Å². The maximum Gasteiger partial charge on any atom is 0.185 e. The molecule has 5 rings (SSSR count). The summed E-state index contributed by atoms with van der Waals surface area (Å²) in [6.07, 6.45) is -0.833. The van der Waals surface area contributed by atoms with E-state index in [2.05, 4.69) is 6.07 Å². The summed E-state index contributed by atoms with van der Waals surface area (Å²) in [6.45, 7) is 2.07. The van der Waals surface area contributed by atoms with Gasteiger partial charge in [0.05, 0.1) is 38.1 Å². The van der Waals surface area contributed by atoms with E-state index in [1.807, 2.05) is 79.7 Å². The van der Waals surface area contributed by atoms with E-state index in [9.17, 15) is 14.8 Å². The zero-order chi connectivity index (χ0) is 32.4. The Kier molecular flexibility index (Phi) is 11.7. The van der Waals surface area contributed by atoms with Crippen LogP contribution >= 0.6 is 0 Å². The second kappa shape index (κ2) is 16.1. The Balaban J connectivity index is 1.43. The van der Waals surface area contributed by atoms with Crippen molar-refractivity contribution in [3.05, 3.63) is 142 Å². The normalized spacial score (nSPS) is 18.0. The summed E-state index contributed by atoms with van der Waals surface area (Å²) < 4.78 is 39.2. The molecule has 1 fully saturated rings. The van der Waals surface area contributed by atoms with Gasteiger partial charge in [0, 0.05) is 5.56 Å². The molecule has 1 saturated heterocycles. The first-order chi connectivity index (χ1) is 22.4. The van der Waals surface area contributed by atoms with Crippen molar-refractivity contribution in [2.45, 2.75) is 50.2 Å². The smallest absolute Gasteiger partial charge is 0.185 e. The van der Waals surface area contributed by atoms with E-state index >= 15 is 0 Å². The molecule has 8 heteroatoms. The van der Waals surface area contributed by atoms with E-state index in [1.54, 1.807) is 30.3 Å². The highest BCUT2D eigenvalue weighted by atomic mass is 19.1. The molecule has 0 saturated carbocycles. The predicted molar refractivity (Wildman–Crippen MR) is 173 cm³/mol. The minimum absolute atomic E-state index is 0.253. The van der Waals surface area contributed by atoms with Crippen molar-refractivity contribution >= 4 is 0 Å². The topological polar surface area (TPSA) is 84.2 Å². The van der Waals surface area contributed by atoms with Crippen molar-refractivity contribution in [2.24, 2.45) is 0 Å². The second-order valence-corrected chi connectivity index (χ2v) is 11.9. The maximum atomic E-state index is 14.0. The highest BCUT2D eigenvalue weighted by Crippen LogP contribution is 2.42. The van der Waals surface area contributed by atoms with E-state index in [-0.39, 0.29) is 13.2 Å². The van der Waals surface area contributed by atoms with Crippen LogP contribution in [0, 0.1) is 17.1 Å². The average Bonchev–Trinajstić information content (AvgIpc) is 3.48. The van der Waals surface area contributed by atoms with E-state index < -0.39 is 29.9 Å². The lowest BCUT2D eigenvalue weighted by Gasteiger charge is -2.33. The van der Waals surface area contributed by atoms with Crippen LogP contribution in [0.2, 0.25) is 0 Å². The Hall–Kier alpha value is -3.94. The van der Waals surface area contributed by atoms with E-state index in [0.717, 1.165) is 17.7 Å². The van der Waals surface area contributed by atoms with Gasteiger partial charge in [0.2, 0.25) is 0 Å². The standard InChI is InChI=1S/C38H41FN2O5/c1-41(2)21-9-20-38(42,31-15-17-32(39)18-16-31)34-19-14-30(23-40)22-33(34)37-45-35(26-43-24-28-10-5-3-6-11-28)36(46-37)27-44-25-29-12-7-4-8-13-29/h3-8,10-19,22,35-37,42H,9,20-21,24-27H2,1-2H3/t35-,36-,38?/m1/s1. The summed E-state index contributed by atoms with van der Waals surface area (Å²) in [7, 11) is 3.95. The molecule has 0 spiro atoms. The molecule has 0 aromatic heterocycles. The molecular weight excluding hydrogens is 583 g/mol. The summed E-state index contributed by atoms with van der Waals surface area (Å²) in [5.41, 5.74) is 2.61. The molecule has 1 unspecified atom stereocenters. The van der Waals surface area contributed by atoms with Gasteiger partial charge in [-0.3, -0.25) is 0 Å². The fraction of sp³-hybridized carbons (Fsp3) is 0.342. The highest BCUT2D eigenvalue weighted by Gasteiger charge is 2.42. The molecule has 0 radical (unpaired) electrons. The zero-order valence-corrected chi connectivity index (χ0v) is 26.3. The molecule has 0 bridgehead atoms. The van der Waals surface area contributed by atoms with Gasteiger partial charge in [0.1, 0.15) is 23.6 Å².